The van der Waals surface area contributed by atoms with Gasteiger partial charge in [-0.2, -0.15) is 17.7 Å². The van der Waals surface area contributed by atoms with Crippen LogP contribution in [0.2, 0.25) is 13.1 Å². The summed E-state index contributed by atoms with van der Waals surface area (Å²) in [4.78, 5) is 0. The number of halogens is 2. The van der Waals surface area contributed by atoms with E-state index in [9.17, 15) is 0 Å². The maximum Gasteiger partial charge on any atom is 3.00 e. The molecule has 1 unspecified atom stereocenters. The molecule has 0 saturated carbocycles. The van der Waals surface area contributed by atoms with E-state index in [1.54, 1.807) is 0 Å². The smallest absolute Gasteiger partial charge is 1.00 e. The molecule has 0 saturated heterocycles. The Labute approximate surface area is 229 Å². The Balaban J connectivity index is 0.00000152. The maximum atomic E-state index is 3.94. The van der Waals surface area contributed by atoms with Crippen LogP contribution < -0.4 is 35.3 Å². The quantitative estimate of drug-likeness (QED) is 0.325. The molecule has 0 heterocycles. The van der Waals surface area contributed by atoms with E-state index in [-0.39, 0.29) is 67.3 Å². The topological polar surface area (TPSA) is 0 Å². The van der Waals surface area contributed by atoms with Gasteiger partial charge in [-0.05, 0) is 28.2 Å². The Morgan fingerprint density at radius 3 is 2.12 bits per heavy atom. The van der Waals surface area contributed by atoms with Crippen LogP contribution in [0, 0.1) is 16.9 Å². The van der Waals surface area contributed by atoms with Gasteiger partial charge < -0.3 is 24.8 Å². The van der Waals surface area contributed by atoms with Gasteiger partial charge in [0.05, 0.1) is 0 Å². The predicted octanol–water partition coefficient (Wildman–Crippen LogP) is -0.328. The molecule has 0 N–H and O–H groups in total. The molecule has 0 aliphatic heterocycles. The molecule has 32 heavy (non-hydrogen) atoms. The zero-order valence-corrected chi connectivity index (χ0v) is 25.9. The first-order valence-corrected chi connectivity index (χ1v) is 13.2. The molecular weight excluding hydrogens is 527 g/mol. The molecule has 0 bridgehead atoms. The van der Waals surface area contributed by atoms with Crippen LogP contribution in [-0.2, 0) is 31.6 Å². The second-order valence-electron chi connectivity index (χ2n) is 10.4. The molecule has 0 nitrogen and oxygen atoms in total. The van der Waals surface area contributed by atoms with Crippen molar-refractivity contribution in [2.45, 2.75) is 66.5 Å². The molecular formula is C28H36Cl2SiZr. The van der Waals surface area contributed by atoms with Crippen LogP contribution in [0.1, 0.15) is 53.5 Å². The average molecular weight is 563 g/mol. The summed E-state index contributed by atoms with van der Waals surface area (Å²) >= 11 is 0. The van der Waals surface area contributed by atoms with Gasteiger partial charge in [0.1, 0.15) is 0 Å². The molecule has 0 fully saturated rings. The van der Waals surface area contributed by atoms with E-state index >= 15 is 0 Å². The van der Waals surface area contributed by atoms with Crippen molar-refractivity contribution in [3.8, 4) is 0 Å². The van der Waals surface area contributed by atoms with E-state index in [1.807, 2.05) is 0 Å². The zero-order valence-electron chi connectivity index (χ0n) is 20.7. The number of hydrogen-bond acceptors (Lipinski definition) is 0. The van der Waals surface area contributed by atoms with Crippen molar-refractivity contribution < 1.29 is 51.0 Å². The van der Waals surface area contributed by atoms with Crippen LogP contribution in [0.5, 0.6) is 0 Å². The summed E-state index contributed by atoms with van der Waals surface area (Å²) in [6.07, 6.45) is 18.8. The first kappa shape index (κ1) is 31.6. The Hall–Kier alpha value is -0.400. The van der Waals surface area contributed by atoms with Crippen molar-refractivity contribution in [3.05, 3.63) is 81.8 Å². The van der Waals surface area contributed by atoms with Crippen LogP contribution in [0.3, 0.4) is 0 Å². The van der Waals surface area contributed by atoms with E-state index in [2.05, 4.69) is 115 Å². The third kappa shape index (κ3) is 5.99. The standard InChI is InChI=1S/C26H29.C2H7Si.2ClH.Zr/c1-24(2,3)21-11-12-22-18(16-21)15-19-17-26(25(4,5)6,14-13-23(19)22)20-9-7-8-10-20;1-3-2;;;/h7-9,11-16H,10H2,1-6H3;3H,1-2H3;2*1H;/q-1;;;;+3/p-2. The van der Waals surface area contributed by atoms with Gasteiger partial charge in [-0.25, -0.2) is 0 Å². The molecule has 2 radical (unpaired) electrons. The normalized spacial score (nSPS) is 20.2. The molecule has 4 rings (SSSR count). The third-order valence-corrected chi connectivity index (χ3v) is 6.09. The maximum absolute atomic E-state index is 3.94. The van der Waals surface area contributed by atoms with E-state index < -0.39 is 0 Å². The molecule has 0 spiro atoms. The first-order valence-electron chi connectivity index (χ1n) is 10.8. The molecule has 1 aromatic carbocycles. The Bertz CT molecular complexity index is 1050. The van der Waals surface area contributed by atoms with Crippen LogP contribution >= 0.6 is 0 Å². The monoisotopic (exact) mass is 560 g/mol. The van der Waals surface area contributed by atoms with Crippen molar-refractivity contribution in [1.29, 1.82) is 0 Å². The number of benzene rings is 1. The minimum absolute atomic E-state index is 0. The SMILES string of the molecule is CC(C)(C)c1ccc2c(c1)=CC1=[C-]C(C3=CC=CC3)(C(C)(C)C)C=CC=21.C[SiH]C.[Cl-].[Cl-].[Zr+3]. The third-order valence-electron chi connectivity index (χ3n) is 6.09. The zero-order chi connectivity index (χ0) is 21.4. The summed E-state index contributed by atoms with van der Waals surface area (Å²) < 4.78 is 0. The largest absolute Gasteiger partial charge is 3.00 e. The minimum Gasteiger partial charge on any atom is -1.00 e. The number of rotatable bonds is 1. The fraction of sp³-hybridized carbons (Fsp3) is 0.429. The Morgan fingerprint density at radius 1 is 1.00 bits per heavy atom. The summed E-state index contributed by atoms with van der Waals surface area (Å²) in [5, 5.41) is 2.68. The van der Waals surface area contributed by atoms with Crippen LogP contribution in [-0.4, -0.2) is 9.52 Å². The van der Waals surface area contributed by atoms with E-state index in [0.29, 0.717) is 0 Å². The molecule has 3 aliphatic rings. The average Bonchev–Trinajstić information content (AvgIpc) is 3.27. The fourth-order valence-corrected chi connectivity index (χ4v) is 4.36. The summed E-state index contributed by atoms with van der Waals surface area (Å²) in [6.45, 7) is 18.2. The van der Waals surface area contributed by atoms with Gasteiger partial charge in [-0.1, -0.05) is 113 Å². The van der Waals surface area contributed by atoms with Crippen molar-refractivity contribution >= 4 is 21.2 Å². The first-order chi connectivity index (χ1) is 13.5. The van der Waals surface area contributed by atoms with Gasteiger partial charge >= 0.3 is 26.2 Å². The van der Waals surface area contributed by atoms with Crippen molar-refractivity contribution in [2.75, 3.05) is 0 Å². The van der Waals surface area contributed by atoms with Crippen LogP contribution in [0.25, 0.3) is 11.6 Å². The Kier molecular flexibility index (Phi) is 11.7. The van der Waals surface area contributed by atoms with Crippen molar-refractivity contribution in [1.82, 2.24) is 0 Å². The molecule has 3 aliphatic carbocycles. The summed E-state index contributed by atoms with van der Waals surface area (Å²) in [7, 11) is 0.750. The molecule has 0 aromatic heterocycles. The van der Waals surface area contributed by atoms with Gasteiger partial charge in [-0.15, -0.1) is 11.6 Å². The fourth-order valence-electron chi connectivity index (χ4n) is 4.36. The summed E-state index contributed by atoms with van der Waals surface area (Å²) in [6, 6.07) is 6.94. The molecule has 170 valence electrons. The second-order valence-corrected chi connectivity index (χ2v) is 11.6. The van der Waals surface area contributed by atoms with Crippen molar-refractivity contribution in [3.63, 3.8) is 0 Å². The molecule has 1 aromatic rings. The summed E-state index contributed by atoms with van der Waals surface area (Å²) in [5.74, 6) is 0. The van der Waals surface area contributed by atoms with Gasteiger partial charge in [0.2, 0.25) is 0 Å². The molecule has 4 heteroatoms. The van der Waals surface area contributed by atoms with Crippen LogP contribution in [0.15, 0.2) is 59.7 Å². The summed E-state index contributed by atoms with van der Waals surface area (Å²) in [5.41, 5.74) is 5.54. The van der Waals surface area contributed by atoms with Crippen molar-refractivity contribution in [2.24, 2.45) is 10.8 Å². The molecule has 1 atom stereocenters. The van der Waals surface area contributed by atoms with Crippen LogP contribution in [0.4, 0.5) is 0 Å². The van der Waals surface area contributed by atoms with E-state index in [1.165, 1.54) is 32.7 Å². The number of fused-ring (bicyclic) bond motifs is 2. The number of hydrogen-bond donors (Lipinski definition) is 0. The van der Waals surface area contributed by atoms with Gasteiger partial charge in [-0.3, -0.25) is 0 Å². The van der Waals surface area contributed by atoms with Gasteiger partial charge in [0.15, 0.2) is 0 Å². The second kappa shape index (κ2) is 11.8. The van der Waals surface area contributed by atoms with E-state index in [0.717, 1.165) is 15.9 Å². The van der Waals surface area contributed by atoms with E-state index in [4.69, 9.17) is 0 Å². The van der Waals surface area contributed by atoms with Gasteiger partial charge in [0, 0.05) is 9.52 Å². The minimum atomic E-state index is -0.138. The Morgan fingerprint density at radius 2 is 1.62 bits per heavy atom. The predicted molar refractivity (Wildman–Crippen MR) is 131 cm³/mol. The molecule has 0 amide bonds. The number of allylic oxidation sites excluding steroid dienone is 8. The van der Waals surface area contributed by atoms with Gasteiger partial charge in [0.25, 0.3) is 0 Å².